The molecule has 148 valence electrons. The van der Waals surface area contributed by atoms with Gasteiger partial charge in [0, 0.05) is 21.5 Å². The molecule has 0 unspecified atom stereocenters. The Labute approximate surface area is 168 Å². The zero-order valence-electron chi connectivity index (χ0n) is 14.1. The number of benzene rings is 1. The van der Waals surface area contributed by atoms with Gasteiger partial charge in [0.1, 0.15) is 10.7 Å². The van der Waals surface area contributed by atoms with Crippen LogP contribution in [0.2, 0.25) is 0 Å². The van der Waals surface area contributed by atoms with Crippen molar-refractivity contribution < 1.29 is 23.1 Å². The number of hydrogen-bond donors (Lipinski definition) is 3. The van der Waals surface area contributed by atoms with Crippen molar-refractivity contribution in [3.8, 4) is 11.4 Å². The summed E-state index contributed by atoms with van der Waals surface area (Å²) in [5.74, 6) is -2.13. The fraction of sp³-hybridized carbons (Fsp3) is 0.235. The number of aromatic nitrogens is 2. The summed E-state index contributed by atoms with van der Waals surface area (Å²) in [5.41, 5.74) is 2.05. The molecule has 0 atom stereocenters. The number of H-pyrrole nitrogens is 1. The van der Waals surface area contributed by atoms with Crippen LogP contribution in [0.25, 0.3) is 21.6 Å². The molecule has 0 bridgehead atoms. The van der Waals surface area contributed by atoms with Crippen molar-refractivity contribution in [2.45, 2.75) is 19.1 Å². The Hall–Kier alpha value is -2.24. The van der Waals surface area contributed by atoms with Crippen LogP contribution in [0.1, 0.15) is 10.4 Å². The second-order valence-corrected chi connectivity index (χ2v) is 7.84. The normalized spacial score (nSPS) is 13.6. The van der Waals surface area contributed by atoms with E-state index < -0.39 is 12.1 Å². The van der Waals surface area contributed by atoms with Gasteiger partial charge in [0.15, 0.2) is 0 Å². The topological polar surface area (TPSA) is 95.1 Å². The number of carboxylic acids is 1. The summed E-state index contributed by atoms with van der Waals surface area (Å²) >= 11 is 5.07. The van der Waals surface area contributed by atoms with Gasteiger partial charge in [0.25, 0.3) is 5.56 Å². The van der Waals surface area contributed by atoms with Gasteiger partial charge >= 0.3 is 12.1 Å². The van der Waals surface area contributed by atoms with Gasteiger partial charge in [-0.2, -0.15) is 13.2 Å². The largest absolute Gasteiger partial charge is 0.490 e. The molecular weight excluding hydrogens is 463 g/mol. The number of thiophene rings is 1. The Balaban J connectivity index is 0.000000279. The fourth-order valence-corrected chi connectivity index (χ4v) is 4.29. The van der Waals surface area contributed by atoms with E-state index in [9.17, 15) is 18.0 Å². The first kappa shape index (κ1) is 20.5. The average molecular weight is 476 g/mol. The average Bonchev–Trinajstić information content (AvgIpc) is 3.00. The Morgan fingerprint density at radius 1 is 1.32 bits per heavy atom. The summed E-state index contributed by atoms with van der Waals surface area (Å²) in [6.45, 7) is 1.76. The highest BCUT2D eigenvalue weighted by Crippen LogP contribution is 2.31. The molecule has 0 saturated carbocycles. The second-order valence-electron chi connectivity index (χ2n) is 5.84. The van der Waals surface area contributed by atoms with Gasteiger partial charge in [0.05, 0.1) is 5.39 Å². The number of rotatable bonds is 1. The predicted molar refractivity (Wildman–Crippen MR) is 102 cm³/mol. The van der Waals surface area contributed by atoms with Crippen LogP contribution >= 0.6 is 27.3 Å². The molecule has 0 spiro atoms. The highest BCUT2D eigenvalue weighted by Gasteiger charge is 2.38. The Kier molecular flexibility index (Phi) is 5.87. The van der Waals surface area contributed by atoms with E-state index >= 15 is 0 Å². The van der Waals surface area contributed by atoms with E-state index in [0.717, 1.165) is 39.8 Å². The second kappa shape index (κ2) is 8.02. The molecule has 0 aliphatic carbocycles. The smallest absolute Gasteiger partial charge is 0.475 e. The van der Waals surface area contributed by atoms with E-state index in [1.54, 1.807) is 11.3 Å². The lowest BCUT2D eigenvalue weighted by Crippen LogP contribution is -2.23. The van der Waals surface area contributed by atoms with Crippen LogP contribution < -0.4 is 10.9 Å². The maximum atomic E-state index is 12.5. The van der Waals surface area contributed by atoms with Gasteiger partial charge in [0.2, 0.25) is 0 Å². The summed E-state index contributed by atoms with van der Waals surface area (Å²) in [6, 6.07) is 7.80. The minimum atomic E-state index is -5.08. The number of hydrogen-bond acceptors (Lipinski definition) is 5. The standard InChI is InChI=1S/C15H12BrN3OS.C2HF3O2/c16-9-3-1-2-8(6-9)13-18-14(20)12-10-4-5-17-7-11(10)21-15(12)19-13;3-2(4,5)1(6)7/h1-3,6,17H,4-5,7H2,(H,18,19,20);(H,6,7). The number of fused-ring (bicyclic) bond motifs is 3. The molecule has 1 aliphatic rings. The van der Waals surface area contributed by atoms with E-state index in [1.807, 2.05) is 24.3 Å². The number of carbonyl (C=O) groups is 1. The predicted octanol–water partition coefficient (Wildman–Crippen LogP) is 3.69. The number of alkyl halides is 3. The molecule has 28 heavy (non-hydrogen) atoms. The third-order valence-electron chi connectivity index (χ3n) is 3.92. The molecule has 6 nitrogen and oxygen atoms in total. The van der Waals surface area contributed by atoms with Crippen LogP contribution in [0.15, 0.2) is 33.5 Å². The summed E-state index contributed by atoms with van der Waals surface area (Å²) < 4.78 is 32.7. The molecule has 0 fully saturated rings. The van der Waals surface area contributed by atoms with E-state index in [0.29, 0.717) is 5.82 Å². The van der Waals surface area contributed by atoms with Gasteiger partial charge in [-0.3, -0.25) is 4.79 Å². The third kappa shape index (κ3) is 4.42. The van der Waals surface area contributed by atoms with E-state index in [4.69, 9.17) is 9.90 Å². The summed E-state index contributed by atoms with van der Waals surface area (Å²) in [4.78, 5) is 31.0. The maximum absolute atomic E-state index is 12.5. The molecule has 3 N–H and O–H groups in total. The van der Waals surface area contributed by atoms with Crippen LogP contribution in [-0.4, -0.2) is 33.8 Å². The molecule has 3 aromatic rings. The van der Waals surface area contributed by atoms with Crippen molar-refractivity contribution in [3.05, 3.63) is 49.5 Å². The molecule has 0 amide bonds. The highest BCUT2D eigenvalue weighted by molar-refractivity contribution is 9.10. The van der Waals surface area contributed by atoms with Crippen molar-refractivity contribution in [1.82, 2.24) is 15.3 Å². The summed E-state index contributed by atoms with van der Waals surface area (Å²) in [7, 11) is 0. The number of aromatic amines is 1. The van der Waals surface area contributed by atoms with Gasteiger partial charge in [-0.05, 0) is 30.7 Å². The SMILES string of the molecule is O=C(O)C(F)(F)F.O=c1[nH]c(-c2cccc(Br)c2)nc2sc3c(c12)CCNC3. The number of nitrogens with one attached hydrogen (secondary N) is 2. The first-order chi connectivity index (χ1) is 13.2. The number of carboxylic acid groups (broad SMARTS) is 1. The zero-order chi connectivity index (χ0) is 20.5. The van der Waals surface area contributed by atoms with E-state index in [1.165, 1.54) is 10.4 Å². The lowest BCUT2D eigenvalue weighted by molar-refractivity contribution is -0.192. The van der Waals surface area contributed by atoms with Crippen LogP contribution in [0, 0.1) is 0 Å². The number of halogens is 4. The molecule has 0 radical (unpaired) electrons. The minimum Gasteiger partial charge on any atom is -0.475 e. The van der Waals surface area contributed by atoms with Gasteiger partial charge in [-0.25, -0.2) is 9.78 Å². The Bertz CT molecular complexity index is 1090. The number of nitrogens with zero attached hydrogens (tertiary/aromatic N) is 1. The Morgan fingerprint density at radius 2 is 2.04 bits per heavy atom. The van der Waals surface area contributed by atoms with E-state index in [2.05, 4.69) is 31.2 Å². The Morgan fingerprint density at radius 3 is 2.68 bits per heavy atom. The van der Waals surface area contributed by atoms with Crippen molar-refractivity contribution in [1.29, 1.82) is 0 Å². The molecule has 1 aliphatic heterocycles. The van der Waals surface area contributed by atoms with Crippen molar-refractivity contribution in [3.63, 3.8) is 0 Å². The zero-order valence-corrected chi connectivity index (χ0v) is 16.5. The lowest BCUT2D eigenvalue weighted by atomic mass is 10.1. The summed E-state index contributed by atoms with van der Waals surface area (Å²) in [5, 5.41) is 11.2. The van der Waals surface area contributed by atoms with Crippen LogP contribution in [0.4, 0.5) is 13.2 Å². The van der Waals surface area contributed by atoms with Crippen LogP contribution in [-0.2, 0) is 17.8 Å². The van der Waals surface area contributed by atoms with E-state index in [-0.39, 0.29) is 5.56 Å². The quantitative estimate of drug-likeness (QED) is 0.498. The van der Waals surface area contributed by atoms with Gasteiger partial charge in [-0.15, -0.1) is 11.3 Å². The number of aliphatic carboxylic acids is 1. The van der Waals surface area contributed by atoms with Crippen LogP contribution in [0.5, 0.6) is 0 Å². The molecule has 1 aromatic carbocycles. The molecule has 11 heteroatoms. The minimum absolute atomic E-state index is 0.0330. The lowest BCUT2D eigenvalue weighted by Gasteiger charge is -2.11. The third-order valence-corrected chi connectivity index (χ3v) is 5.54. The molecule has 3 heterocycles. The van der Waals surface area contributed by atoms with Crippen LogP contribution in [0.3, 0.4) is 0 Å². The molecule has 4 rings (SSSR count). The highest BCUT2D eigenvalue weighted by atomic mass is 79.9. The maximum Gasteiger partial charge on any atom is 0.490 e. The first-order valence-electron chi connectivity index (χ1n) is 7.98. The molecule has 2 aromatic heterocycles. The monoisotopic (exact) mass is 475 g/mol. The first-order valence-corrected chi connectivity index (χ1v) is 9.59. The molecular formula is C17H13BrF3N3O3S. The summed E-state index contributed by atoms with van der Waals surface area (Å²) in [6.07, 6.45) is -4.18. The fourth-order valence-electron chi connectivity index (χ4n) is 2.71. The van der Waals surface area contributed by atoms with Crippen molar-refractivity contribution >= 4 is 43.5 Å². The van der Waals surface area contributed by atoms with Crippen molar-refractivity contribution in [2.24, 2.45) is 0 Å². The van der Waals surface area contributed by atoms with Gasteiger partial charge < -0.3 is 15.4 Å². The van der Waals surface area contributed by atoms with Crippen molar-refractivity contribution in [2.75, 3.05) is 6.54 Å². The van der Waals surface area contributed by atoms with Gasteiger partial charge in [-0.1, -0.05) is 28.1 Å². The molecule has 0 saturated heterocycles.